The molecule has 1 aromatic carbocycles. The van der Waals surface area contributed by atoms with Gasteiger partial charge in [0.2, 0.25) is 0 Å². The maximum absolute atomic E-state index is 13.4. The fourth-order valence-corrected chi connectivity index (χ4v) is 3.24. The zero-order chi connectivity index (χ0) is 21.5. The Kier molecular flexibility index (Phi) is 4.76. The Bertz CT molecular complexity index is 1130. The Morgan fingerprint density at radius 2 is 2.10 bits per heavy atom. The summed E-state index contributed by atoms with van der Waals surface area (Å²) in [5, 5.41) is 2.54. The van der Waals surface area contributed by atoms with Crippen LogP contribution < -0.4 is 10.7 Å². The molecule has 3 heterocycles. The van der Waals surface area contributed by atoms with Crippen molar-refractivity contribution in [1.29, 1.82) is 0 Å². The first-order valence-electron chi connectivity index (χ1n) is 8.87. The Morgan fingerprint density at radius 1 is 1.30 bits per heavy atom. The van der Waals surface area contributed by atoms with E-state index in [9.17, 15) is 22.4 Å². The van der Waals surface area contributed by atoms with Gasteiger partial charge in [-0.3, -0.25) is 4.79 Å². The van der Waals surface area contributed by atoms with Gasteiger partial charge in [-0.15, -0.1) is 0 Å². The van der Waals surface area contributed by atoms with Crippen molar-refractivity contribution in [3.63, 3.8) is 0 Å². The van der Waals surface area contributed by atoms with Crippen molar-refractivity contribution in [2.45, 2.75) is 18.9 Å². The maximum atomic E-state index is 13.4. The molecule has 0 bridgehead atoms. The van der Waals surface area contributed by atoms with Crippen LogP contribution in [0.15, 0.2) is 53.2 Å². The molecule has 0 saturated carbocycles. The molecule has 2 aromatic rings. The normalized spacial score (nSPS) is 17.9. The van der Waals surface area contributed by atoms with Gasteiger partial charge in [0.15, 0.2) is 6.72 Å². The second-order valence-corrected chi connectivity index (χ2v) is 6.74. The van der Waals surface area contributed by atoms with E-state index in [-0.39, 0.29) is 18.3 Å². The molecule has 30 heavy (non-hydrogen) atoms. The third-order valence-corrected chi connectivity index (χ3v) is 4.71. The summed E-state index contributed by atoms with van der Waals surface area (Å²) in [6.45, 7) is 3.69. The first-order chi connectivity index (χ1) is 14.2. The number of alkyl halides is 3. The molecule has 154 valence electrons. The summed E-state index contributed by atoms with van der Waals surface area (Å²) in [4.78, 5) is 19.7. The van der Waals surface area contributed by atoms with Crippen LogP contribution in [0.4, 0.5) is 17.6 Å². The van der Waals surface area contributed by atoms with Crippen LogP contribution in [-0.4, -0.2) is 34.7 Å². The average molecular weight is 418 g/mol. The van der Waals surface area contributed by atoms with Crippen molar-refractivity contribution < 1.29 is 27.0 Å². The number of halogens is 4. The zero-order valence-corrected chi connectivity index (χ0v) is 15.4. The van der Waals surface area contributed by atoms with Gasteiger partial charge in [-0.25, -0.2) is 9.38 Å². The zero-order valence-electron chi connectivity index (χ0n) is 15.4. The summed E-state index contributed by atoms with van der Waals surface area (Å²) in [7, 11) is 0. The average Bonchev–Trinajstić information content (AvgIpc) is 3.32. The second-order valence-electron chi connectivity index (χ2n) is 6.74. The number of nitrogens with one attached hydrogen (secondary N) is 3. The van der Waals surface area contributed by atoms with Crippen molar-refractivity contribution in [3.8, 4) is 0 Å². The van der Waals surface area contributed by atoms with Crippen LogP contribution in [0.5, 0.6) is 0 Å². The highest BCUT2D eigenvalue weighted by Gasteiger charge is 2.36. The lowest BCUT2D eigenvalue weighted by Crippen LogP contribution is -2.27. The van der Waals surface area contributed by atoms with Crippen molar-refractivity contribution in [2.75, 3.05) is 0 Å². The van der Waals surface area contributed by atoms with Crippen LogP contribution in [0.25, 0.3) is 5.70 Å². The number of nitrogens with zero attached hydrogens (tertiary/aromatic N) is 2. The topological polar surface area (TPSA) is 72.3 Å². The minimum absolute atomic E-state index is 0.135. The summed E-state index contributed by atoms with van der Waals surface area (Å²) < 4.78 is 53.4. The predicted octanol–water partition coefficient (Wildman–Crippen LogP) is 3.01. The molecule has 3 N–H and O–H groups in total. The Morgan fingerprint density at radius 3 is 2.87 bits per heavy atom. The van der Waals surface area contributed by atoms with Crippen molar-refractivity contribution >= 4 is 24.5 Å². The first-order valence-corrected chi connectivity index (χ1v) is 8.87. The number of H-pyrrole nitrogens is 1. The molecule has 10 heteroatoms. The lowest BCUT2D eigenvalue weighted by atomic mass is 10.1. The van der Waals surface area contributed by atoms with Crippen LogP contribution in [0.3, 0.4) is 0 Å². The van der Waals surface area contributed by atoms with Crippen molar-refractivity contribution in [1.82, 2.24) is 15.7 Å². The number of carbonyl (C=O) groups excluding carboxylic acids is 1. The number of aliphatic imine (C=N–C) groups is 1. The summed E-state index contributed by atoms with van der Waals surface area (Å²) in [5.41, 5.74) is 4.37. The minimum Gasteiger partial charge on any atom is -0.359 e. The molecule has 0 aliphatic carbocycles. The molecule has 4 rings (SSSR count). The fraction of sp³-hybridized carbons (Fsp3) is 0.150. The second kappa shape index (κ2) is 7.29. The molecule has 1 aromatic heterocycles. The van der Waals surface area contributed by atoms with Crippen LogP contribution in [0.2, 0.25) is 0 Å². The molecule has 2 aliphatic rings. The number of benzene rings is 1. The summed E-state index contributed by atoms with van der Waals surface area (Å²) in [5.74, 6) is -1.84. The number of hydrazone groups is 1. The molecule has 6 nitrogen and oxygen atoms in total. The van der Waals surface area contributed by atoms with E-state index in [1.165, 1.54) is 12.3 Å². The number of hydrazine groups is 1. The largest absolute Gasteiger partial charge is 0.419 e. The molecule has 2 aliphatic heterocycles. The lowest BCUT2D eigenvalue weighted by molar-refractivity contribution is -0.582. The number of hydrogen-bond acceptors (Lipinski definition) is 3. The van der Waals surface area contributed by atoms with E-state index in [2.05, 4.69) is 27.4 Å². The number of rotatable bonds is 4. The molecule has 0 saturated heterocycles. The quantitative estimate of drug-likeness (QED) is 0.528. The highest BCUT2D eigenvalue weighted by Crippen LogP contribution is 2.32. The Labute approximate surface area is 168 Å². The summed E-state index contributed by atoms with van der Waals surface area (Å²) in [6.07, 6.45) is 1.76. The van der Waals surface area contributed by atoms with Gasteiger partial charge >= 0.3 is 12.3 Å². The standard InChI is InChI=1S/C20H15F4N5O/c1-29-18-13(3-2-6-25-18)17(28-29)16-8-12(10-26-16)19(30)27-9-11-4-5-15(21)14(7-11)20(22,23)24/h2-8,10,18H,1,9H2,(H2-,25,26,27,28,30)/p+1. The summed E-state index contributed by atoms with van der Waals surface area (Å²) >= 11 is 0. The van der Waals surface area contributed by atoms with Gasteiger partial charge in [0.05, 0.1) is 22.4 Å². The molecule has 0 radical (unpaired) electrons. The smallest absolute Gasteiger partial charge is 0.359 e. The number of carbonyl (C=O) groups is 1. The molecular weight excluding hydrogens is 402 g/mol. The van der Waals surface area contributed by atoms with Gasteiger partial charge in [0.25, 0.3) is 5.91 Å². The van der Waals surface area contributed by atoms with E-state index in [4.69, 9.17) is 0 Å². The van der Waals surface area contributed by atoms with Crippen LogP contribution in [-0.2, 0) is 12.7 Å². The third kappa shape index (κ3) is 3.63. The molecule has 0 spiro atoms. The van der Waals surface area contributed by atoms with E-state index in [0.29, 0.717) is 17.3 Å². The molecule has 1 unspecified atom stereocenters. The van der Waals surface area contributed by atoms with Gasteiger partial charge in [-0.05, 0) is 35.9 Å². The number of aromatic nitrogens is 1. The van der Waals surface area contributed by atoms with E-state index < -0.39 is 23.5 Å². The molecule has 0 fully saturated rings. The highest BCUT2D eigenvalue weighted by atomic mass is 19.4. The van der Waals surface area contributed by atoms with Gasteiger partial charge in [-0.2, -0.15) is 18.6 Å². The van der Waals surface area contributed by atoms with Crippen LogP contribution >= 0.6 is 0 Å². The Balaban J connectivity index is 1.48. The number of dihydropyridines is 1. The fourth-order valence-electron chi connectivity index (χ4n) is 3.24. The maximum Gasteiger partial charge on any atom is 0.419 e. The molecule has 1 amide bonds. The Hall–Kier alpha value is -3.69. The number of allylic oxidation sites excluding steroid dienone is 1. The van der Waals surface area contributed by atoms with E-state index in [1.807, 2.05) is 6.08 Å². The molecule has 1 atom stereocenters. The van der Waals surface area contributed by atoms with E-state index in [0.717, 1.165) is 17.3 Å². The number of hydrogen-bond donors (Lipinski definition) is 3. The third-order valence-electron chi connectivity index (χ3n) is 4.71. The van der Waals surface area contributed by atoms with Crippen LogP contribution in [0, 0.1) is 5.82 Å². The number of aromatic amines is 1. The SMILES string of the molecule is C=[N+]1NC(c2cc(C(=O)NCc3ccc(F)c(C(F)(F)F)c3)c[nH]2)=C2C=CC=NC21. The van der Waals surface area contributed by atoms with Gasteiger partial charge in [-0.1, -0.05) is 10.8 Å². The molecular formula is C20H16F4N5O+. The van der Waals surface area contributed by atoms with Crippen molar-refractivity contribution in [3.05, 3.63) is 76.4 Å². The van der Waals surface area contributed by atoms with Gasteiger partial charge in [0, 0.05) is 19.0 Å². The minimum atomic E-state index is -4.81. The van der Waals surface area contributed by atoms with Gasteiger partial charge < -0.3 is 10.3 Å². The van der Waals surface area contributed by atoms with Gasteiger partial charge in [0.1, 0.15) is 11.5 Å². The predicted molar refractivity (Wildman–Crippen MR) is 102 cm³/mol. The van der Waals surface area contributed by atoms with Crippen LogP contribution in [0.1, 0.15) is 27.2 Å². The van der Waals surface area contributed by atoms with Crippen molar-refractivity contribution in [2.24, 2.45) is 4.99 Å². The monoisotopic (exact) mass is 418 g/mol. The highest BCUT2D eigenvalue weighted by molar-refractivity contribution is 5.95. The number of fused-ring (bicyclic) bond motifs is 1. The van der Waals surface area contributed by atoms with E-state index >= 15 is 0 Å². The lowest BCUT2D eigenvalue weighted by Gasteiger charge is -2.10. The van der Waals surface area contributed by atoms with E-state index in [1.54, 1.807) is 23.0 Å². The first kappa shape index (κ1) is 19.6. The summed E-state index contributed by atoms with van der Waals surface area (Å²) in [6, 6.07) is 4.23. The number of amides is 1.